The van der Waals surface area contributed by atoms with Gasteiger partial charge in [-0.2, -0.15) is 13.2 Å². The van der Waals surface area contributed by atoms with E-state index in [1.54, 1.807) is 0 Å². The average Bonchev–Trinajstić information content (AvgIpc) is 2.82. The van der Waals surface area contributed by atoms with Crippen molar-refractivity contribution in [1.29, 1.82) is 0 Å². The van der Waals surface area contributed by atoms with Crippen LogP contribution in [0.15, 0.2) is 24.4 Å². The van der Waals surface area contributed by atoms with Gasteiger partial charge in [-0.05, 0) is 49.4 Å². The molecule has 0 aliphatic heterocycles. The molecule has 0 fully saturated rings. The van der Waals surface area contributed by atoms with E-state index >= 15 is 0 Å². The Kier molecular flexibility index (Phi) is 4.70. The lowest BCUT2D eigenvalue weighted by Crippen LogP contribution is -2.13. The van der Waals surface area contributed by atoms with Gasteiger partial charge in [-0.1, -0.05) is 6.42 Å². The number of amides is 1. The van der Waals surface area contributed by atoms with E-state index < -0.39 is 17.6 Å². The second-order valence-electron chi connectivity index (χ2n) is 6.74. The molecule has 146 valence electrons. The van der Waals surface area contributed by atoms with E-state index in [2.05, 4.69) is 10.3 Å². The van der Waals surface area contributed by atoms with Crippen molar-refractivity contribution >= 4 is 39.0 Å². The average molecular weight is 406 g/mol. The third-order valence-electron chi connectivity index (χ3n) is 4.79. The van der Waals surface area contributed by atoms with E-state index in [-0.39, 0.29) is 10.7 Å². The summed E-state index contributed by atoms with van der Waals surface area (Å²) in [4.78, 5) is 21.9. The summed E-state index contributed by atoms with van der Waals surface area (Å²) in [5, 5.41) is 3.25. The Bertz CT molecular complexity index is 1040. The van der Waals surface area contributed by atoms with Crippen LogP contribution in [0.1, 0.15) is 45.8 Å². The maximum atomic E-state index is 12.6. The fourth-order valence-corrected chi connectivity index (χ4v) is 4.31. The standard InChI is InChI=1S/C19H17F3N4OS/c20-19(21,22)11-6-7-14(24-9-11)26-17(27)16-15(23)12-8-10-4-2-1-3-5-13(10)25-18(12)28-16/h6-9H,1-5,23H2,(H,24,26,27). The number of rotatable bonds is 2. The molecule has 3 aromatic heterocycles. The van der Waals surface area contributed by atoms with Gasteiger partial charge in [0.2, 0.25) is 0 Å². The van der Waals surface area contributed by atoms with Crippen LogP contribution in [-0.2, 0) is 19.0 Å². The van der Waals surface area contributed by atoms with E-state index in [4.69, 9.17) is 10.7 Å². The Hall–Kier alpha value is -2.68. The summed E-state index contributed by atoms with van der Waals surface area (Å²) in [5.41, 5.74) is 7.88. The summed E-state index contributed by atoms with van der Waals surface area (Å²) in [7, 11) is 0. The highest BCUT2D eigenvalue weighted by molar-refractivity contribution is 7.21. The van der Waals surface area contributed by atoms with Crippen LogP contribution in [0.4, 0.5) is 24.7 Å². The molecular weight excluding hydrogens is 389 g/mol. The maximum Gasteiger partial charge on any atom is 0.417 e. The molecule has 1 aliphatic carbocycles. The lowest BCUT2D eigenvalue weighted by molar-refractivity contribution is -0.137. The highest BCUT2D eigenvalue weighted by Gasteiger charge is 2.30. The molecule has 0 saturated carbocycles. The second-order valence-corrected chi connectivity index (χ2v) is 7.74. The molecule has 0 aromatic carbocycles. The molecule has 1 amide bonds. The number of fused-ring (bicyclic) bond motifs is 2. The number of pyridine rings is 2. The monoisotopic (exact) mass is 406 g/mol. The molecule has 9 heteroatoms. The fourth-order valence-electron chi connectivity index (χ4n) is 3.31. The Morgan fingerprint density at radius 2 is 1.96 bits per heavy atom. The van der Waals surface area contributed by atoms with E-state index in [0.29, 0.717) is 16.7 Å². The number of nitrogen functional groups attached to an aromatic ring is 1. The number of aryl methyl sites for hydroxylation is 2. The normalized spacial score (nSPS) is 14.5. The van der Waals surface area contributed by atoms with Crippen molar-refractivity contribution in [3.05, 3.63) is 46.1 Å². The number of carbonyl (C=O) groups excluding carboxylic acids is 1. The summed E-state index contributed by atoms with van der Waals surface area (Å²) in [6, 6.07) is 4.00. The first kappa shape index (κ1) is 18.7. The van der Waals surface area contributed by atoms with Gasteiger partial charge >= 0.3 is 6.18 Å². The van der Waals surface area contributed by atoms with Crippen LogP contribution in [0.25, 0.3) is 10.2 Å². The summed E-state index contributed by atoms with van der Waals surface area (Å²) in [5.74, 6) is -0.485. The van der Waals surface area contributed by atoms with Crippen molar-refractivity contribution < 1.29 is 18.0 Å². The zero-order chi connectivity index (χ0) is 19.9. The van der Waals surface area contributed by atoms with Gasteiger partial charge in [0, 0.05) is 17.3 Å². The number of nitrogens with two attached hydrogens (primary N) is 1. The largest absolute Gasteiger partial charge is 0.417 e. The number of carbonyl (C=O) groups is 1. The van der Waals surface area contributed by atoms with Crippen molar-refractivity contribution in [2.75, 3.05) is 11.1 Å². The van der Waals surface area contributed by atoms with Crippen LogP contribution in [0.5, 0.6) is 0 Å². The number of nitrogens with zero attached hydrogens (tertiary/aromatic N) is 2. The SMILES string of the molecule is Nc1c(C(=O)Nc2ccc(C(F)(F)F)cn2)sc2nc3c(cc12)CCCCC3. The summed E-state index contributed by atoms with van der Waals surface area (Å²) in [6.07, 6.45) is 1.45. The molecule has 1 aliphatic rings. The highest BCUT2D eigenvalue weighted by atomic mass is 32.1. The number of nitrogens with one attached hydrogen (secondary N) is 1. The first-order valence-corrected chi connectivity index (χ1v) is 9.70. The molecule has 28 heavy (non-hydrogen) atoms. The Morgan fingerprint density at radius 3 is 2.68 bits per heavy atom. The molecule has 5 nitrogen and oxygen atoms in total. The summed E-state index contributed by atoms with van der Waals surface area (Å²) < 4.78 is 37.9. The van der Waals surface area contributed by atoms with E-state index in [0.717, 1.165) is 48.9 Å². The zero-order valence-electron chi connectivity index (χ0n) is 14.8. The Morgan fingerprint density at radius 1 is 1.18 bits per heavy atom. The predicted molar refractivity (Wildman–Crippen MR) is 102 cm³/mol. The highest BCUT2D eigenvalue weighted by Crippen LogP contribution is 2.35. The fraction of sp³-hybridized carbons (Fsp3) is 0.316. The molecule has 3 N–H and O–H groups in total. The van der Waals surface area contributed by atoms with Crippen LogP contribution >= 0.6 is 11.3 Å². The number of alkyl halides is 3. The topological polar surface area (TPSA) is 80.9 Å². The molecule has 4 rings (SSSR count). The van der Waals surface area contributed by atoms with Crippen molar-refractivity contribution in [2.45, 2.75) is 38.3 Å². The van der Waals surface area contributed by atoms with Crippen molar-refractivity contribution in [1.82, 2.24) is 9.97 Å². The van der Waals surface area contributed by atoms with Crippen LogP contribution < -0.4 is 11.1 Å². The lowest BCUT2D eigenvalue weighted by atomic mass is 10.1. The molecule has 0 spiro atoms. The van der Waals surface area contributed by atoms with Crippen LogP contribution in [0.2, 0.25) is 0 Å². The van der Waals surface area contributed by atoms with Gasteiger partial charge in [-0.3, -0.25) is 4.79 Å². The second kappa shape index (κ2) is 7.05. The number of thiophene rings is 1. The number of anilines is 2. The van der Waals surface area contributed by atoms with Gasteiger partial charge < -0.3 is 11.1 Å². The van der Waals surface area contributed by atoms with Gasteiger partial charge in [-0.25, -0.2) is 9.97 Å². The van der Waals surface area contributed by atoms with Gasteiger partial charge in [0.1, 0.15) is 15.5 Å². The molecule has 0 atom stereocenters. The van der Waals surface area contributed by atoms with Gasteiger partial charge in [-0.15, -0.1) is 11.3 Å². The van der Waals surface area contributed by atoms with Gasteiger partial charge in [0.15, 0.2) is 0 Å². The third kappa shape index (κ3) is 3.54. The Balaban J connectivity index is 1.61. The van der Waals surface area contributed by atoms with Gasteiger partial charge in [0.05, 0.1) is 11.3 Å². The van der Waals surface area contributed by atoms with E-state index in [1.165, 1.54) is 23.3 Å². The number of hydrogen-bond donors (Lipinski definition) is 2. The smallest absolute Gasteiger partial charge is 0.397 e. The summed E-state index contributed by atoms with van der Waals surface area (Å²) >= 11 is 1.18. The minimum absolute atomic E-state index is 0.0265. The Labute approximate surface area is 162 Å². The third-order valence-corrected chi connectivity index (χ3v) is 5.90. The minimum Gasteiger partial charge on any atom is -0.397 e. The quantitative estimate of drug-likeness (QED) is 0.598. The van der Waals surface area contributed by atoms with Crippen molar-refractivity contribution in [3.63, 3.8) is 0 Å². The predicted octanol–water partition coefficient (Wildman–Crippen LogP) is 4.81. The summed E-state index contributed by atoms with van der Waals surface area (Å²) in [6.45, 7) is 0. The van der Waals surface area contributed by atoms with Crippen LogP contribution in [-0.4, -0.2) is 15.9 Å². The molecule has 0 radical (unpaired) electrons. The van der Waals surface area contributed by atoms with Crippen molar-refractivity contribution in [3.8, 4) is 0 Å². The first-order valence-electron chi connectivity index (χ1n) is 8.88. The molecular formula is C19H17F3N4OS. The maximum absolute atomic E-state index is 12.6. The van der Waals surface area contributed by atoms with Gasteiger partial charge in [0.25, 0.3) is 5.91 Å². The molecule has 0 unspecified atom stereocenters. The molecule has 0 saturated heterocycles. The number of halogens is 3. The van der Waals surface area contributed by atoms with Crippen LogP contribution in [0, 0.1) is 0 Å². The minimum atomic E-state index is -4.48. The first-order chi connectivity index (χ1) is 13.3. The van der Waals surface area contributed by atoms with Crippen LogP contribution in [0.3, 0.4) is 0 Å². The zero-order valence-corrected chi connectivity index (χ0v) is 15.6. The van der Waals surface area contributed by atoms with E-state index in [9.17, 15) is 18.0 Å². The molecule has 0 bridgehead atoms. The van der Waals surface area contributed by atoms with Crippen molar-refractivity contribution in [2.24, 2.45) is 0 Å². The number of hydrogen-bond acceptors (Lipinski definition) is 5. The molecule has 3 aromatic rings. The molecule has 3 heterocycles. The van der Waals surface area contributed by atoms with E-state index in [1.807, 2.05) is 6.07 Å². The number of aromatic nitrogens is 2. The lowest BCUT2D eigenvalue weighted by Gasteiger charge is -2.07.